The molecule has 2 rings (SSSR count). The second-order valence-electron chi connectivity index (χ2n) is 8.17. The Balaban J connectivity index is 1.98. The molecule has 156 valence electrons. The van der Waals surface area contributed by atoms with E-state index in [0.29, 0.717) is 18.5 Å². The maximum Gasteiger partial charge on any atom is 0.221 e. The van der Waals surface area contributed by atoms with Gasteiger partial charge in [-0.2, -0.15) is 0 Å². The number of amides is 1. The number of nitrogens with two attached hydrogens (primary N) is 1. The summed E-state index contributed by atoms with van der Waals surface area (Å²) in [5.74, 6) is 1.21. The molecule has 2 unspecified atom stereocenters. The van der Waals surface area contributed by atoms with Gasteiger partial charge in [-0.1, -0.05) is 38.1 Å². The third-order valence-electron chi connectivity index (χ3n) is 5.43. The Bertz CT molecular complexity index is 658. The van der Waals surface area contributed by atoms with Crippen molar-refractivity contribution in [2.45, 2.75) is 59.7 Å². The van der Waals surface area contributed by atoms with E-state index in [4.69, 9.17) is 10.7 Å². The van der Waals surface area contributed by atoms with Crippen molar-refractivity contribution in [3.63, 3.8) is 0 Å². The minimum absolute atomic E-state index is 0.0155. The number of hydrogen-bond acceptors (Lipinski definition) is 3. The largest absolute Gasteiger partial charge is 0.369 e. The maximum atomic E-state index is 11.5. The first-order valence-electron chi connectivity index (χ1n) is 10.5. The predicted octanol–water partition coefficient (Wildman–Crippen LogP) is 2.48. The molecule has 0 aromatic heterocycles. The number of nitrogens with zero attached hydrogens (tertiary/aromatic N) is 2. The Morgan fingerprint density at radius 1 is 1.32 bits per heavy atom. The molecule has 1 aliphatic rings. The fraction of sp³-hybridized carbons (Fsp3) is 0.636. The highest BCUT2D eigenvalue weighted by atomic mass is 16.1. The van der Waals surface area contributed by atoms with Crippen molar-refractivity contribution in [3.05, 3.63) is 35.4 Å². The van der Waals surface area contributed by atoms with E-state index in [1.54, 1.807) is 0 Å². The van der Waals surface area contributed by atoms with E-state index in [9.17, 15) is 4.79 Å². The SMILES string of the molecule is CCNC(=NCc1cccc(CN2CCCC(C(N)=O)C2)c1)NC(C)C(C)C. The summed E-state index contributed by atoms with van der Waals surface area (Å²) in [5, 5.41) is 6.79. The van der Waals surface area contributed by atoms with Crippen LogP contribution in [0.15, 0.2) is 29.3 Å². The Morgan fingerprint density at radius 3 is 2.75 bits per heavy atom. The standard InChI is InChI=1S/C22H37N5O/c1-5-24-22(26-17(4)16(2)3)25-13-18-8-6-9-19(12-18)14-27-11-7-10-20(15-27)21(23)28/h6,8-9,12,16-17,20H,5,7,10-11,13-15H2,1-4H3,(H2,23,28)(H2,24,25,26). The minimum Gasteiger partial charge on any atom is -0.369 e. The van der Waals surface area contributed by atoms with Crippen LogP contribution in [0.1, 0.15) is 51.7 Å². The van der Waals surface area contributed by atoms with Crippen LogP contribution in [0.3, 0.4) is 0 Å². The van der Waals surface area contributed by atoms with Gasteiger partial charge in [0, 0.05) is 25.7 Å². The zero-order chi connectivity index (χ0) is 20.5. The van der Waals surface area contributed by atoms with Gasteiger partial charge in [0.2, 0.25) is 5.91 Å². The first-order valence-corrected chi connectivity index (χ1v) is 10.5. The summed E-state index contributed by atoms with van der Waals surface area (Å²) in [7, 11) is 0. The van der Waals surface area contributed by atoms with Crippen molar-refractivity contribution >= 4 is 11.9 Å². The lowest BCUT2D eigenvalue weighted by atomic mass is 9.97. The third kappa shape index (κ3) is 7.15. The monoisotopic (exact) mass is 387 g/mol. The van der Waals surface area contributed by atoms with Crippen LogP contribution >= 0.6 is 0 Å². The lowest BCUT2D eigenvalue weighted by Gasteiger charge is -2.31. The summed E-state index contributed by atoms with van der Waals surface area (Å²) in [6.07, 6.45) is 1.94. The van der Waals surface area contributed by atoms with Crippen LogP contribution in [0.5, 0.6) is 0 Å². The molecular weight excluding hydrogens is 350 g/mol. The van der Waals surface area contributed by atoms with Crippen molar-refractivity contribution in [2.75, 3.05) is 19.6 Å². The molecule has 1 amide bonds. The number of aliphatic imine (C=N–C) groups is 1. The topological polar surface area (TPSA) is 82.8 Å². The molecule has 1 saturated heterocycles. The molecule has 1 aromatic rings. The molecule has 0 saturated carbocycles. The molecule has 1 fully saturated rings. The quantitative estimate of drug-likeness (QED) is 0.473. The first kappa shape index (κ1) is 22.2. The van der Waals surface area contributed by atoms with Gasteiger partial charge in [-0.25, -0.2) is 4.99 Å². The summed E-state index contributed by atoms with van der Waals surface area (Å²) in [5.41, 5.74) is 7.95. The van der Waals surface area contributed by atoms with Gasteiger partial charge in [-0.05, 0) is 50.3 Å². The van der Waals surface area contributed by atoms with Gasteiger partial charge in [0.25, 0.3) is 0 Å². The van der Waals surface area contributed by atoms with Crippen molar-refractivity contribution in [2.24, 2.45) is 22.6 Å². The summed E-state index contributed by atoms with van der Waals surface area (Å²) < 4.78 is 0. The molecule has 6 nitrogen and oxygen atoms in total. The lowest BCUT2D eigenvalue weighted by molar-refractivity contribution is -0.123. The van der Waals surface area contributed by atoms with E-state index in [1.807, 2.05) is 0 Å². The van der Waals surface area contributed by atoms with Crippen molar-refractivity contribution in [3.8, 4) is 0 Å². The van der Waals surface area contributed by atoms with Crippen LogP contribution in [0.4, 0.5) is 0 Å². The molecule has 0 bridgehead atoms. The van der Waals surface area contributed by atoms with E-state index in [0.717, 1.165) is 45.0 Å². The van der Waals surface area contributed by atoms with E-state index < -0.39 is 0 Å². The van der Waals surface area contributed by atoms with Gasteiger partial charge >= 0.3 is 0 Å². The molecule has 0 spiro atoms. The maximum absolute atomic E-state index is 11.5. The molecule has 0 radical (unpaired) electrons. The first-order chi connectivity index (χ1) is 13.4. The fourth-order valence-corrected chi connectivity index (χ4v) is 3.39. The van der Waals surface area contributed by atoms with Gasteiger partial charge in [0.1, 0.15) is 0 Å². The zero-order valence-electron chi connectivity index (χ0n) is 17.9. The van der Waals surface area contributed by atoms with Crippen molar-refractivity contribution in [1.29, 1.82) is 0 Å². The number of primary amides is 1. The summed E-state index contributed by atoms with van der Waals surface area (Å²) in [4.78, 5) is 18.6. The van der Waals surface area contributed by atoms with Crippen LogP contribution in [0.25, 0.3) is 0 Å². The van der Waals surface area contributed by atoms with E-state index in [2.05, 4.69) is 67.5 Å². The number of rotatable bonds is 8. The highest BCUT2D eigenvalue weighted by molar-refractivity contribution is 5.80. The Hall–Kier alpha value is -2.08. The average Bonchev–Trinajstić information content (AvgIpc) is 2.66. The van der Waals surface area contributed by atoms with Gasteiger partial charge < -0.3 is 16.4 Å². The predicted molar refractivity (Wildman–Crippen MR) is 116 cm³/mol. The molecule has 28 heavy (non-hydrogen) atoms. The van der Waals surface area contributed by atoms with E-state index in [-0.39, 0.29) is 11.8 Å². The van der Waals surface area contributed by atoms with Gasteiger partial charge in [0.05, 0.1) is 12.5 Å². The number of benzene rings is 1. The number of nitrogens with one attached hydrogen (secondary N) is 2. The minimum atomic E-state index is -0.174. The van der Waals surface area contributed by atoms with Crippen molar-refractivity contribution in [1.82, 2.24) is 15.5 Å². The van der Waals surface area contributed by atoms with Crippen LogP contribution in [0.2, 0.25) is 0 Å². The lowest BCUT2D eigenvalue weighted by Crippen LogP contribution is -2.44. The fourth-order valence-electron chi connectivity index (χ4n) is 3.39. The molecule has 2 atom stereocenters. The van der Waals surface area contributed by atoms with Crippen LogP contribution in [-0.4, -0.2) is 42.4 Å². The van der Waals surface area contributed by atoms with Gasteiger partial charge in [-0.15, -0.1) is 0 Å². The normalized spacial score (nSPS) is 19.5. The molecular formula is C22H37N5O. The second-order valence-corrected chi connectivity index (χ2v) is 8.17. The molecule has 4 N–H and O–H groups in total. The molecule has 0 aliphatic carbocycles. The highest BCUT2D eigenvalue weighted by Gasteiger charge is 2.23. The number of piperidine rings is 1. The summed E-state index contributed by atoms with van der Waals surface area (Å²) in [6.45, 7) is 12.8. The molecule has 6 heteroatoms. The number of guanidine groups is 1. The molecule has 1 heterocycles. The number of carbonyl (C=O) groups is 1. The van der Waals surface area contributed by atoms with E-state index in [1.165, 1.54) is 11.1 Å². The van der Waals surface area contributed by atoms with Gasteiger partial charge in [-0.3, -0.25) is 9.69 Å². The second kappa shape index (κ2) is 11.1. The van der Waals surface area contributed by atoms with Crippen LogP contribution in [-0.2, 0) is 17.9 Å². The molecule has 1 aromatic carbocycles. The number of hydrogen-bond donors (Lipinski definition) is 3. The Labute approximate surface area is 170 Å². The Kier molecular flexibility index (Phi) is 8.77. The van der Waals surface area contributed by atoms with Crippen LogP contribution in [0, 0.1) is 11.8 Å². The number of likely N-dealkylation sites (tertiary alicyclic amines) is 1. The zero-order valence-corrected chi connectivity index (χ0v) is 17.9. The number of carbonyl (C=O) groups excluding carboxylic acids is 1. The Morgan fingerprint density at radius 2 is 2.07 bits per heavy atom. The van der Waals surface area contributed by atoms with E-state index >= 15 is 0 Å². The van der Waals surface area contributed by atoms with Crippen molar-refractivity contribution < 1.29 is 4.79 Å². The smallest absolute Gasteiger partial charge is 0.221 e. The molecule has 1 aliphatic heterocycles. The summed E-state index contributed by atoms with van der Waals surface area (Å²) >= 11 is 0. The van der Waals surface area contributed by atoms with Gasteiger partial charge in [0.15, 0.2) is 5.96 Å². The van der Waals surface area contributed by atoms with Crippen LogP contribution < -0.4 is 16.4 Å². The highest BCUT2D eigenvalue weighted by Crippen LogP contribution is 2.19. The summed E-state index contributed by atoms with van der Waals surface area (Å²) in [6, 6.07) is 8.93. The average molecular weight is 388 g/mol. The third-order valence-corrected chi connectivity index (χ3v) is 5.43.